The van der Waals surface area contributed by atoms with E-state index in [4.69, 9.17) is 4.74 Å². The van der Waals surface area contributed by atoms with Crippen molar-refractivity contribution >= 4 is 17.4 Å². The van der Waals surface area contributed by atoms with E-state index in [2.05, 4.69) is 17.2 Å². The van der Waals surface area contributed by atoms with E-state index in [1.54, 1.807) is 12.3 Å². The molecule has 1 aromatic carbocycles. The van der Waals surface area contributed by atoms with Crippen LogP contribution in [0, 0.1) is 5.92 Å². The second kappa shape index (κ2) is 8.21. The van der Waals surface area contributed by atoms with Gasteiger partial charge in [-0.15, -0.1) is 0 Å². The summed E-state index contributed by atoms with van der Waals surface area (Å²) in [7, 11) is 0. The summed E-state index contributed by atoms with van der Waals surface area (Å²) in [6.45, 7) is 7.88. The summed E-state index contributed by atoms with van der Waals surface area (Å²) in [5.41, 5.74) is 1.58. The molecule has 1 amide bonds. The van der Waals surface area contributed by atoms with Crippen LogP contribution in [-0.2, 0) is 0 Å². The zero-order valence-electron chi connectivity index (χ0n) is 15.7. The number of aromatic nitrogens is 1. The summed E-state index contributed by atoms with van der Waals surface area (Å²) in [5, 5.41) is 3.25. The van der Waals surface area contributed by atoms with Gasteiger partial charge >= 0.3 is 0 Å². The lowest BCUT2D eigenvalue weighted by atomic mass is 9.99. The van der Waals surface area contributed by atoms with Crippen molar-refractivity contribution in [2.45, 2.75) is 39.7 Å². The van der Waals surface area contributed by atoms with Crippen LogP contribution in [0.25, 0.3) is 0 Å². The molecule has 1 aromatic heterocycles. The van der Waals surface area contributed by atoms with Gasteiger partial charge in [0.1, 0.15) is 11.6 Å². The minimum absolute atomic E-state index is 0.0858. The molecule has 0 bridgehead atoms. The van der Waals surface area contributed by atoms with Crippen molar-refractivity contribution in [1.29, 1.82) is 0 Å². The third-order valence-electron chi connectivity index (χ3n) is 4.45. The van der Waals surface area contributed by atoms with E-state index >= 15 is 0 Å². The molecule has 1 atom stereocenters. The van der Waals surface area contributed by atoms with Gasteiger partial charge < -0.3 is 15.0 Å². The third kappa shape index (κ3) is 4.75. The first-order valence-electron chi connectivity index (χ1n) is 9.30. The number of pyridine rings is 1. The number of carbonyl (C=O) groups is 1. The SMILES string of the molecule is CC1CCCN(C(=O)c2ccnc(Nc3ccc(OC(C)C)cc3)c2)C1. The van der Waals surface area contributed by atoms with Crippen LogP contribution in [0.15, 0.2) is 42.6 Å². The summed E-state index contributed by atoms with van der Waals surface area (Å²) in [4.78, 5) is 19.0. The van der Waals surface area contributed by atoms with Gasteiger partial charge in [0.05, 0.1) is 6.10 Å². The van der Waals surface area contributed by atoms with Crippen LogP contribution < -0.4 is 10.1 Å². The molecule has 138 valence electrons. The molecule has 26 heavy (non-hydrogen) atoms. The monoisotopic (exact) mass is 353 g/mol. The molecule has 5 nitrogen and oxygen atoms in total. The van der Waals surface area contributed by atoms with Gasteiger partial charge in [0, 0.05) is 30.5 Å². The van der Waals surface area contributed by atoms with Gasteiger partial charge in [-0.3, -0.25) is 4.79 Å². The minimum atomic E-state index is 0.0858. The first kappa shape index (κ1) is 18.2. The normalized spacial score (nSPS) is 17.2. The quantitative estimate of drug-likeness (QED) is 0.861. The maximum absolute atomic E-state index is 12.8. The molecule has 0 aliphatic carbocycles. The number of nitrogens with one attached hydrogen (secondary N) is 1. The molecule has 0 radical (unpaired) electrons. The van der Waals surface area contributed by atoms with Crippen LogP contribution in [0.5, 0.6) is 5.75 Å². The number of carbonyl (C=O) groups excluding carboxylic acids is 1. The molecule has 1 aliphatic rings. The van der Waals surface area contributed by atoms with Crippen molar-refractivity contribution in [3.63, 3.8) is 0 Å². The lowest BCUT2D eigenvalue weighted by molar-refractivity contribution is 0.0683. The lowest BCUT2D eigenvalue weighted by Crippen LogP contribution is -2.39. The zero-order chi connectivity index (χ0) is 18.5. The van der Waals surface area contributed by atoms with Gasteiger partial charge in [-0.1, -0.05) is 6.92 Å². The van der Waals surface area contributed by atoms with E-state index < -0.39 is 0 Å². The Hall–Kier alpha value is -2.56. The van der Waals surface area contributed by atoms with E-state index in [9.17, 15) is 4.79 Å². The van der Waals surface area contributed by atoms with Crippen molar-refractivity contribution in [2.75, 3.05) is 18.4 Å². The number of hydrogen-bond acceptors (Lipinski definition) is 4. The molecular formula is C21H27N3O2. The molecule has 1 unspecified atom stereocenters. The molecule has 5 heteroatoms. The molecule has 1 fully saturated rings. The van der Waals surface area contributed by atoms with Gasteiger partial charge in [0.25, 0.3) is 5.91 Å². The number of likely N-dealkylation sites (tertiary alicyclic amines) is 1. The van der Waals surface area contributed by atoms with Crippen molar-refractivity contribution in [3.05, 3.63) is 48.2 Å². The fourth-order valence-electron chi connectivity index (χ4n) is 3.23. The summed E-state index contributed by atoms with van der Waals surface area (Å²) in [5.74, 6) is 2.15. The van der Waals surface area contributed by atoms with E-state index in [1.165, 1.54) is 6.42 Å². The Morgan fingerprint density at radius 3 is 2.73 bits per heavy atom. The highest BCUT2D eigenvalue weighted by Crippen LogP contribution is 2.22. The number of amides is 1. The third-order valence-corrected chi connectivity index (χ3v) is 4.45. The van der Waals surface area contributed by atoms with E-state index in [1.807, 2.05) is 49.1 Å². The average molecular weight is 353 g/mol. The molecule has 1 saturated heterocycles. The second-order valence-corrected chi connectivity index (χ2v) is 7.24. The maximum Gasteiger partial charge on any atom is 0.254 e. The maximum atomic E-state index is 12.8. The Bertz CT molecular complexity index is 743. The Kier molecular flexibility index (Phi) is 5.76. The first-order valence-corrected chi connectivity index (χ1v) is 9.30. The molecular weight excluding hydrogens is 326 g/mol. The summed E-state index contributed by atoms with van der Waals surface area (Å²) in [6, 6.07) is 11.3. The van der Waals surface area contributed by atoms with E-state index in [0.717, 1.165) is 30.9 Å². The van der Waals surface area contributed by atoms with Crippen molar-refractivity contribution in [1.82, 2.24) is 9.88 Å². The number of ether oxygens (including phenoxy) is 1. The molecule has 0 saturated carbocycles. The molecule has 0 spiro atoms. The Morgan fingerprint density at radius 1 is 1.27 bits per heavy atom. The average Bonchev–Trinajstić information content (AvgIpc) is 2.62. The fraction of sp³-hybridized carbons (Fsp3) is 0.429. The van der Waals surface area contributed by atoms with Gasteiger partial charge in [-0.05, 0) is 69.0 Å². The summed E-state index contributed by atoms with van der Waals surface area (Å²) >= 11 is 0. The number of hydrogen-bond donors (Lipinski definition) is 1. The fourth-order valence-corrected chi connectivity index (χ4v) is 3.23. The second-order valence-electron chi connectivity index (χ2n) is 7.24. The highest BCUT2D eigenvalue weighted by atomic mass is 16.5. The number of nitrogens with zero attached hydrogens (tertiary/aromatic N) is 2. The smallest absolute Gasteiger partial charge is 0.254 e. The molecule has 2 aromatic rings. The van der Waals surface area contributed by atoms with E-state index in [0.29, 0.717) is 17.3 Å². The van der Waals surface area contributed by atoms with Crippen LogP contribution >= 0.6 is 0 Å². The highest BCUT2D eigenvalue weighted by molar-refractivity contribution is 5.95. The number of anilines is 2. The lowest BCUT2D eigenvalue weighted by Gasteiger charge is -2.31. The van der Waals surface area contributed by atoms with Crippen molar-refractivity contribution in [2.24, 2.45) is 5.92 Å². The minimum Gasteiger partial charge on any atom is -0.491 e. The van der Waals surface area contributed by atoms with Crippen LogP contribution in [0.4, 0.5) is 11.5 Å². The topological polar surface area (TPSA) is 54.5 Å². The predicted molar refractivity (Wildman–Crippen MR) is 104 cm³/mol. The number of rotatable bonds is 5. The molecule has 1 aliphatic heterocycles. The van der Waals surface area contributed by atoms with Gasteiger partial charge in [0.2, 0.25) is 0 Å². The highest BCUT2D eigenvalue weighted by Gasteiger charge is 2.22. The predicted octanol–water partition coefficient (Wildman–Crippen LogP) is 4.48. The Morgan fingerprint density at radius 2 is 2.04 bits per heavy atom. The zero-order valence-corrected chi connectivity index (χ0v) is 15.7. The Balaban J connectivity index is 1.68. The van der Waals surface area contributed by atoms with E-state index in [-0.39, 0.29) is 12.0 Å². The molecule has 3 rings (SSSR count). The van der Waals surface area contributed by atoms with Gasteiger partial charge in [-0.2, -0.15) is 0 Å². The van der Waals surface area contributed by atoms with Crippen LogP contribution in [0.1, 0.15) is 44.0 Å². The molecule has 1 N–H and O–H groups in total. The number of piperidine rings is 1. The molecule has 2 heterocycles. The number of benzene rings is 1. The van der Waals surface area contributed by atoms with Gasteiger partial charge in [0.15, 0.2) is 0 Å². The largest absolute Gasteiger partial charge is 0.491 e. The van der Waals surface area contributed by atoms with Crippen molar-refractivity contribution in [3.8, 4) is 5.75 Å². The summed E-state index contributed by atoms with van der Waals surface area (Å²) < 4.78 is 5.65. The van der Waals surface area contributed by atoms with Crippen LogP contribution in [0.2, 0.25) is 0 Å². The van der Waals surface area contributed by atoms with Gasteiger partial charge in [-0.25, -0.2) is 4.98 Å². The first-order chi connectivity index (χ1) is 12.5. The van der Waals surface area contributed by atoms with Crippen molar-refractivity contribution < 1.29 is 9.53 Å². The standard InChI is InChI=1S/C21H27N3O2/c1-15(2)26-19-8-6-18(7-9-19)23-20-13-17(10-11-22-20)21(25)24-12-4-5-16(3)14-24/h6-11,13,15-16H,4-5,12,14H2,1-3H3,(H,22,23). The van der Waals surface area contributed by atoms with Crippen LogP contribution in [-0.4, -0.2) is 35.0 Å². The van der Waals surface area contributed by atoms with Crippen LogP contribution in [0.3, 0.4) is 0 Å². The Labute approximate surface area is 155 Å². The summed E-state index contributed by atoms with van der Waals surface area (Å²) in [6.07, 6.45) is 4.10.